The van der Waals surface area contributed by atoms with E-state index in [1.54, 1.807) is 0 Å². The molecule has 2 heterocycles. The number of carbonyl (C=O) groups excluding carboxylic acids is 1. The van der Waals surface area contributed by atoms with Gasteiger partial charge in [-0.05, 0) is 36.4 Å². The molecule has 1 aromatic heterocycles. The first-order chi connectivity index (χ1) is 14.8. The van der Waals surface area contributed by atoms with E-state index in [0.717, 1.165) is 44.2 Å². The smallest absolute Gasteiger partial charge is 0.238 e. The number of amides is 1. The van der Waals surface area contributed by atoms with Crippen LogP contribution in [-0.4, -0.2) is 53.4 Å². The van der Waals surface area contributed by atoms with E-state index in [0.29, 0.717) is 18.0 Å². The van der Waals surface area contributed by atoms with Crippen molar-refractivity contribution in [3.8, 4) is 11.5 Å². The van der Waals surface area contributed by atoms with Crippen molar-refractivity contribution in [2.45, 2.75) is 6.54 Å². The summed E-state index contributed by atoms with van der Waals surface area (Å²) in [7, 11) is 0. The van der Waals surface area contributed by atoms with Crippen LogP contribution in [0.15, 0.2) is 79.0 Å². The Labute approximate surface area is 177 Å². The molecule has 4 rings (SSSR count). The molecule has 3 aromatic rings. The number of benzene rings is 2. The van der Waals surface area contributed by atoms with E-state index in [1.165, 1.54) is 0 Å². The Bertz CT molecular complexity index is 942. The number of aromatic nitrogens is 1. The fourth-order valence-corrected chi connectivity index (χ4v) is 3.49. The molecule has 0 atom stereocenters. The van der Waals surface area contributed by atoms with Crippen LogP contribution in [0.5, 0.6) is 11.5 Å². The zero-order valence-electron chi connectivity index (χ0n) is 16.9. The van der Waals surface area contributed by atoms with Gasteiger partial charge in [-0.15, -0.1) is 0 Å². The summed E-state index contributed by atoms with van der Waals surface area (Å²) in [4.78, 5) is 21.6. The standard InChI is InChI=1S/C24H26N4O2/c29-24(19-28-16-14-27(15-17-28)18-20-8-6-7-13-25-20)26-22-11-4-5-12-23(22)30-21-9-2-1-3-10-21/h1-13H,14-19H2,(H,26,29). The maximum absolute atomic E-state index is 12.6. The van der Waals surface area contributed by atoms with Crippen LogP contribution >= 0.6 is 0 Å². The molecular formula is C24H26N4O2. The van der Waals surface area contributed by atoms with E-state index in [1.807, 2.05) is 72.9 Å². The maximum atomic E-state index is 12.6. The van der Waals surface area contributed by atoms with Crippen LogP contribution in [0, 0.1) is 0 Å². The molecule has 0 spiro atoms. The second-order valence-corrected chi connectivity index (χ2v) is 7.33. The summed E-state index contributed by atoms with van der Waals surface area (Å²) in [6.45, 7) is 4.81. The van der Waals surface area contributed by atoms with Gasteiger partial charge in [-0.2, -0.15) is 0 Å². The van der Waals surface area contributed by atoms with Crippen molar-refractivity contribution in [3.05, 3.63) is 84.7 Å². The molecule has 154 valence electrons. The number of anilines is 1. The highest BCUT2D eigenvalue weighted by molar-refractivity contribution is 5.93. The van der Waals surface area contributed by atoms with Crippen LogP contribution in [0.3, 0.4) is 0 Å². The predicted molar refractivity (Wildman–Crippen MR) is 118 cm³/mol. The molecule has 1 N–H and O–H groups in total. The minimum atomic E-state index is -0.0303. The monoisotopic (exact) mass is 402 g/mol. The normalized spacial score (nSPS) is 14.9. The molecule has 0 unspecified atom stereocenters. The summed E-state index contributed by atoms with van der Waals surface area (Å²) in [5.74, 6) is 1.35. The first-order valence-corrected chi connectivity index (χ1v) is 10.2. The molecule has 1 saturated heterocycles. The Balaban J connectivity index is 1.27. The second-order valence-electron chi connectivity index (χ2n) is 7.33. The topological polar surface area (TPSA) is 57.7 Å². The molecule has 0 aliphatic carbocycles. The third kappa shape index (κ3) is 5.65. The first kappa shape index (κ1) is 20.1. The Kier molecular flexibility index (Phi) is 6.69. The van der Waals surface area contributed by atoms with Crippen LogP contribution in [0.1, 0.15) is 5.69 Å². The molecule has 0 radical (unpaired) electrons. The summed E-state index contributed by atoms with van der Waals surface area (Å²) in [6, 6.07) is 23.1. The van der Waals surface area contributed by atoms with Crippen LogP contribution in [0.2, 0.25) is 0 Å². The van der Waals surface area contributed by atoms with Crippen molar-refractivity contribution in [2.75, 3.05) is 38.0 Å². The maximum Gasteiger partial charge on any atom is 0.238 e. The van der Waals surface area contributed by atoms with E-state index >= 15 is 0 Å². The Morgan fingerprint density at radius 1 is 0.867 bits per heavy atom. The minimum Gasteiger partial charge on any atom is -0.455 e. The first-order valence-electron chi connectivity index (χ1n) is 10.2. The van der Waals surface area contributed by atoms with Crippen LogP contribution < -0.4 is 10.1 Å². The summed E-state index contributed by atoms with van der Waals surface area (Å²) >= 11 is 0. The van der Waals surface area contributed by atoms with E-state index < -0.39 is 0 Å². The van der Waals surface area contributed by atoms with Crippen molar-refractivity contribution < 1.29 is 9.53 Å². The Morgan fingerprint density at radius 3 is 2.33 bits per heavy atom. The van der Waals surface area contributed by atoms with Gasteiger partial charge in [-0.25, -0.2) is 0 Å². The summed E-state index contributed by atoms with van der Waals surface area (Å²) in [6.07, 6.45) is 1.83. The zero-order chi connectivity index (χ0) is 20.6. The van der Waals surface area contributed by atoms with Gasteiger partial charge in [0.25, 0.3) is 0 Å². The summed E-state index contributed by atoms with van der Waals surface area (Å²) in [5, 5.41) is 3.00. The van der Waals surface area contributed by atoms with Crippen molar-refractivity contribution in [1.82, 2.24) is 14.8 Å². The average Bonchev–Trinajstić information content (AvgIpc) is 2.78. The minimum absolute atomic E-state index is 0.0303. The molecule has 0 saturated carbocycles. The highest BCUT2D eigenvalue weighted by Gasteiger charge is 2.20. The van der Waals surface area contributed by atoms with Crippen LogP contribution in [0.4, 0.5) is 5.69 Å². The van der Waals surface area contributed by atoms with Crippen LogP contribution in [0.25, 0.3) is 0 Å². The lowest BCUT2D eigenvalue weighted by molar-refractivity contribution is -0.117. The summed E-state index contributed by atoms with van der Waals surface area (Å²) in [5.41, 5.74) is 1.76. The van der Waals surface area contributed by atoms with Gasteiger partial charge in [0, 0.05) is 38.9 Å². The van der Waals surface area contributed by atoms with Gasteiger partial charge in [-0.3, -0.25) is 19.6 Å². The number of piperazine rings is 1. The van der Waals surface area contributed by atoms with Gasteiger partial charge >= 0.3 is 0 Å². The average molecular weight is 402 g/mol. The zero-order valence-corrected chi connectivity index (χ0v) is 16.9. The predicted octanol–water partition coefficient (Wildman–Crippen LogP) is 3.63. The van der Waals surface area contributed by atoms with Crippen molar-refractivity contribution >= 4 is 11.6 Å². The third-order valence-electron chi connectivity index (χ3n) is 5.08. The Hall–Kier alpha value is -3.22. The third-order valence-corrected chi connectivity index (χ3v) is 5.08. The number of carbonyl (C=O) groups is 1. The quantitative estimate of drug-likeness (QED) is 0.654. The lowest BCUT2D eigenvalue weighted by atomic mass is 10.2. The molecule has 0 bridgehead atoms. The van der Waals surface area contributed by atoms with Crippen molar-refractivity contribution in [3.63, 3.8) is 0 Å². The number of para-hydroxylation sites is 3. The van der Waals surface area contributed by atoms with Gasteiger partial charge in [0.05, 0.1) is 17.9 Å². The van der Waals surface area contributed by atoms with Gasteiger partial charge in [-0.1, -0.05) is 36.4 Å². The number of rotatable bonds is 7. The number of hydrogen-bond acceptors (Lipinski definition) is 5. The number of hydrogen-bond donors (Lipinski definition) is 1. The van der Waals surface area contributed by atoms with Crippen molar-refractivity contribution in [2.24, 2.45) is 0 Å². The molecule has 1 amide bonds. The SMILES string of the molecule is O=C(CN1CCN(Cc2ccccn2)CC1)Nc1ccccc1Oc1ccccc1. The number of pyridine rings is 1. The highest BCUT2D eigenvalue weighted by Crippen LogP contribution is 2.29. The van der Waals surface area contributed by atoms with Gasteiger partial charge in [0.1, 0.15) is 5.75 Å². The van der Waals surface area contributed by atoms with E-state index in [-0.39, 0.29) is 5.91 Å². The molecule has 30 heavy (non-hydrogen) atoms. The fourth-order valence-electron chi connectivity index (χ4n) is 3.49. The number of nitrogens with one attached hydrogen (secondary N) is 1. The molecule has 1 fully saturated rings. The lowest BCUT2D eigenvalue weighted by Gasteiger charge is -2.34. The number of ether oxygens (including phenoxy) is 1. The van der Waals surface area contributed by atoms with Crippen LogP contribution in [-0.2, 0) is 11.3 Å². The summed E-state index contributed by atoms with van der Waals surface area (Å²) < 4.78 is 5.93. The molecule has 2 aromatic carbocycles. The molecule has 1 aliphatic heterocycles. The van der Waals surface area contributed by atoms with E-state index in [2.05, 4.69) is 26.2 Å². The van der Waals surface area contributed by atoms with Gasteiger partial charge < -0.3 is 10.1 Å². The second kappa shape index (κ2) is 10.0. The van der Waals surface area contributed by atoms with E-state index in [4.69, 9.17) is 4.74 Å². The van der Waals surface area contributed by atoms with E-state index in [9.17, 15) is 4.79 Å². The fraction of sp³-hybridized carbons (Fsp3) is 0.250. The molecule has 6 nitrogen and oxygen atoms in total. The van der Waals surface area contributed by atoms with Crippen molar-refractivity contribution in [1.29, 1.82) is 0 Å². The van der Waals surface area contributed by atoms with Gasteiger partial charge in [0.15, 0.2) is 5.75 Å². The largest absolute Gasteiger partial charge is 0.455 e. The highest BCUT2D eigenvalue weighted by atomic mass is 16.5. The van der Waals surface area contributed by atoms with Gasteiger partial charge in [0.2, 0.25) is 5.91 Å². The molecule has 6 heteroatoms. The number of nitrogens with zero attached hydrogens (tertiary/aromatic N) is 3. The lowest BCUT2D eigenvalue weighted by Crippen LogP contribution is -2.48. The molecule has 1 aliphatic rings. The molecular weight excluding hydrogens is 376 g/mol. The Morgan fingerprint density at radius 2 is 1.57 bits per heavy atom.